The van der Waals surface area contributed by atoms with Gasteiger partial charge < -0.3 is 9.88 Å². The number of aromatic nitrogens is 5. The lowest BCUT2D eigenvalue weighted by atomic mass is 9.86. The van der Waals surface area contributed by atoms with Gasteiger partial charge in [0.25, 0.3) is 0 Å². The summed E-state index contributed by atoms with van der Waals surface area (Å²) < 4.78 is 27.4. The van der Waals surface area contributed by atoms with Gasteiger partial charge in [-0.05, 0) is 44.6 Å². The van der Waals surface area contributed by atoms with E-state index in [0.717, 1.165) is 48.2 Å². The number of sulfonamides is 1. The quantitative estimate of drug-likeness (QED) is 0.581. The Bertz CT molecular complexity index is 1050. The van der Waals surface area contributed by atoms with Crippen LogP contribution in [0.25, 0.3) is 11.0 Å². The number of hydrogen-bond donors (Lipinski definition) is 3. The van der Waals surface area contributed by atoms with Gasteiger partial charge in [0.2, 0.25) is 10.0 Å². The second-order valence-corrected chi connectivity index (χ2v) is 9.31. The Balaban J connectivity index is 1.36. The maximum atomic E-state index is 12.4. The summed E-state index contributed by atoms with van der Waals surface area (Å²) in [7, 11) is -1.35. The zero-order chi connectivity index (χ0) is 19.7. The van der Waals surface area contributed by atoms with Crippen molar-refractivity contribution in [3.8, 4) is 0 Å². The SMILES string of the molecule is Cc1cc(NS(=O)(=O)CC2CCC(N(C)c3ncnc4[nH]ccc34)CC2)n[nH]1. The van der Waals surface area contributed by atoms with Crippen LogP contribution in [0.1, 0.15) is 31.4 Å². The largest absolute Gasteiger partial charge is 0.356 e. The Kier molecular flexibility index (Phi) is 4.96. The molecule has 1 saturated carbocycles. The van der Waals surface area contributed by atoms with E-state index in [2.05, 4.69) is 41.8 Å². The van der Waals surface area contributed by atoms with Crippen molar-refractivity contribution in [3.63, 3.8) is 0 Å². The number of hydrogen-bond acceptors (Lipinski definition) is 6. The van der Waals surface area contributed by atoms with E-state index in [9.17, 15) is 8.42 Å². The molecule has 1 aliphatic carbocycles. The molecule has 0 radical (unpaired) electrons. The van der Waals surface area contributed by atoms with Crippen LogP contribution in [0.15, 0.2) is 24.7 Å². The van der Waals surface area contributed by atoms with Gasteiger partial charge in [-0.2, -0.15) is 5.10 Å². The van der Waals surface area contributed by atoms with Crippen molar-refractivity contribution in [1.29, 1.82) is 0 Å². The fourth-order valence-electron chi connectivity index (χ4n) is 3.99. The average molecular weight is 404 g/mol. The van der Waals surface area contributed by atoms with E-state index < -0.39 is 10.0 Å². The highest BCUT2D eigenvalue weighted by atomic mass is 32.2. The van der Waals surface area contributed by atoms with E-state index in [1.165, 1.54) is 0 Å². The molecule has 0 aliphatic heterocycles. The molecule has 3 aromatic heterocycles. The second-order valence-electron chi connectivity index (χ2n) is 7.54. The Morgan fingerprint density at radius 1 is 1.25 bits per heavy atom. The third-order valence-electron chi connectivity index (χ3n) is 5.45. The summed E-state index contributed by atoms with van der Waals surface area (Å²) in [4.78, 5) is 14.0. The Labute approximate surface area is 164 Å². The van der Waals surface area contributed by atoms with Crippen LogP contribution in [0.4, 0.5) is 11.6 Å². The van der Waals surface area contributed by atoms with Gasteiger partial charge in [-0.1, -0.05) is 0 Å². The number of aryl methyl sites for hydroxylation is 1. The normalized spacial score (nSPS) is 20.4. The Morgan fingerprint density at radius 2 is 2.04 bits per heavy atom. The molecule has 1 aliphatic rings. The van der Waals surface area contributed by atoms with Gasteiger partial charge in [0.15, 0.2) is 5.82 Å². The molecule has 28 heavy (non-hydrogen) atoms. The van der Waals surface area contributed by atoms with Crippen molar-refractivity contribution in [3.05, 3.63) is 30.4 Å². The zero-order valence-corrected chi connectivity index (χ0v) is 16.8. The molecule has 3 N–H and O–H groups in total. The number of fused-ring (bicyclic) bond motifs is 1. The molecule has 4 rings (SSSR count). The standard InChI is InChI=1S/C18H25N7O2S/c1-12-9-16(23-22-12)24-28(26,27)10-13-3-5-14(6-4-13)25(2)18-15-7-8-19-17(15)20-11-21-18/h7-9,11,13-14H,3-6,10H2,1-2H3,(H,19,20,21)(H2,22,23,24). The van der Waals surface area contributed by atoms with Crippen molar-refractivity contribution >= 4 is 32.7 Å². The zero-order valence-electron chi connectivity index (χ0n) is 16.0. The fourth-order valence-corrected chi connectivity index (χ4v) is 5.45. The van der Waals surface area contributed by atoms with Crippen LogP contribution in [0.5, 0.6) is 0 Å². The summed E-state index contributed by atoms with van der Waals surface area (Å²) in [5.74, 6) is 1.55. The summed E-state index contributed by atoms with van der Waals surface area (Å²) in [6, 6.07) is 4.02. The lowest BCUT2D eigenvalue weighted by Crippen LogP contribution is -2.37. The van der Waals surface area contributed by atoms with Crippen molar-refractivity contribution < 1.29 is 8.42 Å². The van der Waals surface area contributed by atoms with E-state index in [0.29, 0.717) is 11.9 Å². The maximum absolute atomic E-state index is 12.4. The molecule has 0 spiro atoms. The first kappa shape index (κ1) is 18.7. The van der Waals surface area contributed by atoms with Crippen molar-refractivity contribution in [2.75, 3.05) is 22.4 Å². The molecule has 0 atom stereocenters. The van der Waals surface area contributed by atoms with Crippen LogP contribution in [0.2, 0.25) is 0 Å². The lowest BCUT2D eigenvalue weighted by molar-refractivity contribution is 0.341. The molecular formula is C18H25N7O2S. The first-order chi connectivity index (χ1) is 13.4. The molecule has 10 heteroatoms. The van der Waals surface area contributed by atoms with Crippen LogP contribution in [0, 0.1) is 12.8 Å². The lowest BCUT2D eigenvalue weighted by Gasteiger charge is -2.35. The third-order valence-corrected chi connectivity index (χ3v) is 6.88. The highest BCUT2D eigenvalue weighted by molar-refractivity contribution is 7.92. The van der Waals surface area contributed by atoms with Crippen LogP contribution < -0.4 is 9.62 Å². The van der Waals surface area contributed by atoms with Crippen molar-refractivity contribution in [2.24, 2.45) is 5.92 Å². The summed E-state index contributed by atoms with van der Waals surface area (Å²) in [6.45, 7) is 1.83. The minimum absolute atomic E-state index is 0.130. The Morgan fingerprint density at radius 3 is 2.75 bits per heavy atom. The molecule has 1 fully saturated rings. The number of anilines is 2. The molecule has 0 aromatic carbocycles. The summed E-state index contributed by atoms with van der Waals surface area (Å²) >= 11 is 0. The van der Waals surface area contributed by atoms with Crippen LogP contribution in [-0.2, 0) is 10.0 Å². The van der Waals surface area contributed by atoms with Gasteiger partial charge >= 0.3 is 0 Å². The van der Waals surface area contributed by atoms with Gasteiger partial charge in [0.1, 0.15) is 17.8 Å². The molecule has 0 bridgehead atoms. The van der Waals surface area contributed by atoms with Crippen LogP contribution in [-0.4, -0.2) is 52.4 Å². The van der Waals surface area contributed by atoms with E-state index in [1.54, 1.807) is 12.4 Å². The topological polar surface area (TPSA) is 120 Å². The van der Waals surface area contributed by atoms with Gasteiger partial charge in [-0.3, -0.25) is 9.82 Å². The molecule has 150 valence electrons. The molecule has 3 aromatic rings. The highest BCUT2D eigenvalue weighted by Crippen LogP contribution is 2.32. The summed E-state index contributed by atoms with van der Waals surface area (Å²) in [5.41, 5.74) is 1.65. The summed E-state index contributed by atoms with van der Waals surface area (Å²) in [5, 5.41) is 7.70. The average Bonchev–Trinajstić information content (AvgIpc) is 3.29. The molecule has 9 nitrogen and oxygen atoms in total. The maximum Gasteiger partial charge on any atom is 0.234 e. The number of nitrogens with one attached hydrogen (secondary N) is 3. The van der Waals surface area contributed by atoms with Gasteiger partial charge in [-0.15, -0.1) is 0 Å². The van der Waals surface area contributed by atoms with E-state index in [1.807, 2.05) is 19.2 Å². The van der Waals surface area contributed by atoms with Crippen LogP contribution in [0.3, 0.4) is 0 Å². The highest BCUT2D eigenvalue weighted by Gasteiger charge is 2.29. The Hall–Kier alpha value is -2.62. The van der Waals surface area contributed by atoms with Gasteiger partial charge in [0.05, 0.1) is 11.1 Å². The van der Waals surface area contributed by atoms with E-state index in [4.69, 9.17) is 0 Å². The van der Waals surface area contributed by atoms with Gasteiger partial charge in [0, 0.05) is 31.0 Å². The first-order valence-corrected chi connectivity index (χ1v) is 11.1. The third kappa shape index (κ3) is 3.96. The minimum Gasteiger partial charge on any atom is -0.356 e. The molecular weight excluding hydrogens is 378 g/mol. The summed E-state index contributed by atoms with van der Waals surface area (Å²) in [6.07, 6.45) is 7.06. The molecule has 3 heterocycles. The number of nitrogens with zero attached hydrogens (tertiary/aromatic N) is 4. The van der Waals surface area contributed by atoms with E-state index >= 15 is 0 Å². The van der Waals surface area contributed by atoms with Crippen LogP contribution >= 0.6 is 0 Å². The van der Waals surface area contributed by atoms with Crippen molar-refractivity contribution in [2.45, 2.75) is 38.6 Å². The second kappa shape index (κ2) is 7.42. The van der Waals surface area contributed by atoms with Gasteiger partial charge in [-0.25, -0.2) is 18.4 Å². The molecule has 0 amide bonds. The predicted octanol–water partition coefficient (Wildman–Crippen LogP) is 2.43. The minimum atomic E-state index is -3.40. The molecule has 0 unspecified atom stereocenters. The monoisotopic (exact) mass is 403 g/mol. The number of rotatable bonds is 6. The predicted molar refractivity (Wildman–Crippen MR) is 109 cm³/mol. The first-order valence-electron chi connectivity index (χ1n) is 9.45. The molecule has 0 saturated heterocycles. The smallest absolute Gasteiger partial charge is 0.234 e. The number of aromatic amines is 2. The van der Waals surface area contributed by atoms with E-state index in [-0.39, 0.29) is 11.7 Å². The van der Waals surface area contributed by atoms with Crippen molar-refractivity contribution in [1.82, 2.24) is 25.1 Å². The fraction of sp³-hybridized carbons (Fsp3) is 0.500. The number of H-pyrrole nitrogens is 2.